The molecule has 3 heteroatoms. The van der Waals surface area contributed by atoms with E-state index in [1.807, 2.05) is 6.08 Å². The van der Waals surface area contributed by atoms with Gasteiger partial charge in [-0.3, -0.25) is 0 Å². The molecule has 15 heavy (non-hydrogen) atoms. The van der Waals surface area contributed by atoms with E-state index in [0.29, 0.717) is 0 Å². The summed E-state index contributed by atoms with van der Waals surface area (Å²) >= 11 is 0. The molecular formula is C12H26O2Sn. The SMILES string of the molecule is C.C.C.COC(=O)C1=CCCCCC1.[Sn]. The third-order valence-corrected chi connectivity index (χ3v) is 1.99. The predicted octanol–water partition coefficient (Wildman–Crippen LogP) is 3.58. The van der Waals surface area contributed by atoms with Gasteiger partial charge in [-0.1, -0.05) is 34.8 Å². The smallest absolute Gasteiger partial charge is 0.333 e. The van der Waals surface area contributed by atoms with Gasteiger partial charge in [-0.05, 0) is 25.7 Å². The van der Waals surface area contributed by atoms with Gasteiger partial charge in [0.15, 0.2) is 0 Å². The number of rotatable bonds is 1. The zero-order valence-electron chi connectivity index (χ0n) is 7.43. The Bertz CT molecular complexity index is 176. The van der Waals surface area contributed by atoms with Crippen molar-refractivity contribution < 1.29 is 9.53 Å². The Hall–Kier alpha value is 0.00870. The Labute approximate surface area is 112 Å². The molecule has 0 aromatic carbocycles. The van der Waals surface area contributed by atoms with E-state index < -0.39 is 0 Å². The van der Waals surface area contributed by atoms with Crippen LogP contribution in [0.25, 0.3) is 0 Å². The third kappa shape index (κ3) is 8.97. The van der Waals surface area contributed by atoms with Gasteiger partial charge in [-0.2, -0.15) is 0 Å². The van der Waals surface area contributed by atoms with Crippen LogP contribution in [0.1, 0.15) is 54.4 Å². The van der Waals surface area contributed by atoms with Gasteiger partial charge in [0.2, 0.25) is 0 Å². The number of ether oxygens (including phenoxy) is 1. The molecule has 0 heterocycles. The van der Waals surface area contributed by atoms with Crippen molar-refractivity contribution in [3.63, 3.8) is 0 Å². The minimum absolute atomic E-state index is 0. The van der Waals surface area contributed by atoms with Gasteiger partial charge in [-0.25, -0.2) is 4.79 Å². The number of carbonyl (C=O) groups excluding carboxylic acids is 1. The Balaban J connectivity index is -0.000000151. The number of hydrogen-bond donors (Lipinski definition) is 0. The Morgan fingerprint density at radius 2 is 1.80 bits per heavy atom. The predicted molar refractivity (Wildman–Crippen MR) is 69.1 cm³/mol. The summed E-state index contributed by atoms with van der Waals surface area (Å²) < 4.78 is 4.64. The molecule has 0 fully saturated rings. The topological polar surface area (TPSA) is 26.3 Å². The summed E-state index contributed by atoms with van der Waals surface area (Å²) in [7, 11) is 1.44. The second-order valence-electron chi connectivity index (χ2n) is 2.82. The van der Waals surface area contributed by atoms with Gasteiger partial charge < -0.3 is 4.74 Å². The number of methoxy groups -OCH3 is 1. The summed E-state index contributed by atoms with van der Waals surface area (Å²) in [6.45, 7) is 0. The standard InChI is InChI=1S/C9H14O2.3CH4.Sn/c1-11-9(10)8-6-4-2-3-5-7-8;;;;/h6H,2-5,7H2,1H3;3*1H4;. The molecule has 0 bridgehead atoms. The van der Waals surface area contributed by atoms with Crippen LogP contribution in [-0.2, 0) is 9.53 Å². The van der Waals surface area contributed by atoms with E-state index in [1.165, 1.54) is 20.0 Å². The van der Waals surface area contributed by atoms with Crippen LogP contribution in [0.5, 0.6) is 0 Å². The molecule has 0 aromatic rings. The largest absolute Gasteiger partial charge is 0.466 e. The van der Waals surface area contributed by atoms with Gasteiger partial charge in [0, 0.05) is 29.5 Å². The molecule has 1 aliphatic carbocycles. The Morgan fingerprint density at radius 3 is 2.33 bits per heavy atom. The summed E-state index contributed by atoms with van der Waals surface area (Å²) in [6.07, 6.45) is 7.51. The second kappa shape index (κ2) is 14.0. The van der Waals surface area contributed by atoms with Crippen molar-refractivity contribution in [3.8, 4) is 0 Å². The molecule has 2 nitrogen and oxygen atoms in total. The first-order valence-electron chi connectivity index (χ1n) is 4.12. The van der Waals surface area contributed by atoms with E-state index >= 15 is 0 Å². The van der Waals surface area contributed by atoms with Gasteiger partial charge in [-0.15, -0.1) is 0 Å². The fourth-order valence-electron chi connectivity index (χ4n) is 1.33. The average molecular weight is 321 g/mol. The molecule has 0 atom stereocenters. The van der Waals surface area contributed by atoms with Gasteiger partial charge in [0.1, 0.15) is 0 Å². The minimum Gasteiger partial charge on any atom is -0.466 e. The minimum atomic E-state index is -0.146. The molecule has 0 saturated heterocycles. The first kappa shape index (κ1) is 24.3. The first-order valence-corrected chi connectivity index (χ1v) is 4.12. The van der Waals surface area contributed by atoms with E-state index in [-0.39, 0.29) is 52.2 Å². The first-order chi connectivity index (χ1) is 5.34. The zero-order chi connectivity index (χ0) is 8.10. The van der Waals surface area contributed by atoms with E-state index in [2.05, 4.69) is 4.74 Å². The number of esters is 1. The maximum absolute atomic E-state index is 11.0. The second-order valence-corrected chi connectivity index (χ2v) is 2.82. The van der Waals surface area contributed by atoms with Gasteiger partial charge in [0.25, 0.3) is 0 Å². The van der Waals surface area contributed by atoms with Crippen molar-refractivity contribution in [2.45, 2.75) is 54.4 Å². The summed E-state index contributed by atoms with van der Waals surface area (Å²) in [5, 5.41) is 0. The van der Waals surface area contributed by atoms with Crippen molar-refractivity contribution in [1.29, 1.82) is 0 Å². The van der Waals surface area contributed by atoms with Crippen molar-refractivity contribution in [2.75, 3.05) is 7.11 Å². The van der Waals surface area contributed by atoms with E-state index in [4.69, 9.17) is 0 Å². The Kier molecular flexibility index (Phi) is 22.7. The van der Waals surface area contributed by atoms with Gasteiger partial charge >= 0.3 is 5.97 Å². The molecule has 4 radical (unpaired) electrons. The number of allylic oxidation sites excluding steroid dienone is 1. The van der Waals surface area contributed by atoms with Crippen molar-refractivity contribution >= 4 is 29.9 Å². The maximum atomic E-state index is 11.0. The quantitative estimate of drug-likeness (QED) is 0.545. The van der Waals surface area contributed by atoms with Crippen molar-refractivity contribution in [3.05, 3.63) is 11.6 Å². The molecule has 1 rings (SSSR count). The number of carbonyl (C=O) groups is 1. The van der Waals surface area contributed by atoms with Crippen molar-refractivity contribution in [2.24, 2.45) is 0 Å². The van der Waals surface area contributed by atoms with Crippen LogP contribution in [0.4, 0.5) is 0 Å². The Morgan fingerprint density at radius 1 is 1.20 bits per heavy atom. The summed E-state index contributed by atoms with van der Waals surface area (Å²) in [4.78, 5) is 11.0. The van der Waals surface area contributed by atoms with Crippen LogP contribution in [0.2, 0.25) is 0 Å². The van der Waals surface area contributed by atoms with Crippen LogP contribution >= 0.6 is 0 Å². The van der Waals surface area contributed by atoms with E-state index in [1.54, 1.807) is 0 Å². The van der Waals surface area contributed by atoms with Crippen molar-refractivity contribution in [1.82, 2.24) is 0 Å². The molecule has 0 aromatic heterocycles. The van der Waals surface area contributed by atoms with Crippen LogP contribution in [-0.4, -0.2) is 37.0 Å². The molecule has 0 unspecified atom stereocenters. The fourth-order valence-corrected chi connectivity index (χ4v) is 1.33. The summed E-state index contributed by atoms with van der Waals surface area (Å²) in [6, 6.07) is 0. The molecular weight excluding hydrogens is 295 g/mol. The zero-order valence-corrected chi connectivity index (χ0v) is 10.3. The molecule has 0 spiro atoms. The van der Waals surface area contributed by atoms with Gasteiger partial charge in [0.05, 0.1) is 7.11 Å². The monoisotopic (exact) mass is 322 g/mol. The summed E-state index contributed by atoms with van der Waals surface area (Å²) in [5.74, 6) is -0.146. The molecule has 1 aliphatic rings. The third-order valence-electron chi connectivity index (χ3n) is 1.99. The molecule has 0 saturated carbocycles. The van der Waals surface area contributed by atoms with E-state index in [0.717, 1.165) is 24.8 Å². The summed E-state index contributed by atoms with van der Waals surface area (Å²) in [5.41, 5.74) is 0.866. The molecule has 0 aliphatic heterocycles. The van der Waals surface area contributed by atoms with E-state index in [9.17, 15) is 4.79 Å². The van der Waals surface area contributed by atoms with Crippen LogP contribution in [0.15, 0.2) is 11.6 Å². The van der Waals surface area contributed by atoms with Crippen LogP contribution in [0.3, 0.4) is 0 Å². The van der Waals surface area contributed by atoms with Crippen LogP contribution in [0, 0.1) is 0 Å². The molecule has 0 N–H and O–H groups in total. The number of hydrogen-bond acceptors (Lipinski definition) is 2. The normalized spacial score (nSPS) is 13.5. The van der Waals surface area contributed by atoms with Crippen LogP contribution < -0.4 is 0 Å². The maximum Gasteiger partial charge on any atom is 0.333 e. The molecule has 0 amide bonds. The fraction of sp³-hybridized carbons (Fsp3) is 0.750. The average Bonchev–Trinajstić information content (AvgIpc) is 2.30. The molecule has 90 valence electrons.